The normalized spacial score (nSPS) is 12.9. The Morgan fingerprint density at radius 1 is 1.11 bits per heavy atom. The lowest BCUT2D eigenvalue weighted by atomic mass is 10.2. The Bertz CT molecular complexity index is 1430. The summed E-state index contributed by atoms with van der Waals surface area (Å²) in [6.45, 7) is 6.16. The summed E-state index contributed by atoms with van der Waals surface area (Å²) in [6, 6.07) is 14.8. The van der Waals surface area contributed by atoms with Crippen LogP contribution >= 0.6 is 11.6 Å². The monoisotopic (exact) mass is 510 g/mol. The molecule has 0 unspecified atom stereocenters. The molecule has 5 rings (SSSR count). The van der Waals surface area contributed by atoms with E-state index < -0.39 is 17.5 Å². The van der Waals surface area contributed by atoms with Gasteiger partial charge >= 0.3 is 6.09 Å². The van der Waals surface area contributed by atoms with Crippen molar-refractivity contribution < 1.29 is 23.4 Å². The van der Waals surface area contributed by atoms with E-state index in [2.05, 4.69) is 10.3 Å². The van der Waals surface area contributed by atoms with Gasteiger partial charge in [0.05, 0.1) is 11.2 Å². The molecule has 1 N–H and O–H groups in total. The molecule has 0 saturated carbocycles. The lowest BCUT2D eigenvalue weighted by Crippen LogP contribution is -2.35. The fraction of sp³-hybridized carbons (Fsp3) is 0.231. The minimum atomic E-state index is -0.831. The predicted octanol–water partition coefficient (Wildman–Crippen LogP) is 6.71. The molecule has 10 heteroatoms. The number of imidazole rings is 1. The summed E-state index contributed by atoms with van der Waals surface area (Å²) in [5.41, 5.74) is 0.277. The van der Waals surface area contributed by atoms with Gasteiger partial charge in [-0.1, -0.05) is 23.7 Å². The van der Waals surface area contributed by atoms with Gasteiger partial charge in [-0.2, -0.15) is 0 Å². The molecule has 2 aromatic carbocycles. The maximum Gasteiger partial charge on any atom is 0.420 e. The van der Waals surface area contributed by atoms with Crippen molar-refractivity contribution >= 4 is 46.4 Å². The first-order valence-electron chi connectivity index (χ1n) is 11.3. The summed E-state index contributed by atoms with van der Waals surface area (Å²) in [5.74, 6) is 1.42. The van der Waals surface area contributed by atoms with Gasteiger partial charge in [-0.15, -0.1) is 0 Å². The molecular weight excluding hydrogens is 487 g/mol. The van der Waals surface area contributed by atoms with Crippen LogP contribution in [0.2, 0.25) is 5.02 Å². The van der Waals surface area contributed by atoms with E-state index in [0.717, 1.165) is 4.90 Å². The molecule has 36 heavy (non-hydrogen) atoms. The Hall–Kier alpha value is -3.98. The van der Waals surface area contributed by atoms with E-state index in [1.165, 1.54) is 18.2 Å². The summed E-state index contributed by atoms with van der Waals surface area (Å²) in [6.07, 6.45) is 0.826. The summed E-state index contributed by atoms with van der Waals surface area (Å²) in [4.78, 5) is 19.0. The highest BCUT2D eigenvalue weighted by atomic mass is 35.5. The first kappa shape index (κ1) is 23.7. The Kier molecular flexibility index (Phi) is 6.09. The van der Waals surface area contributed by atoms with Crippen LogP contribution in [0.4, 0.5) is 32.2 Å². The highest BCUT2D eigenvalue weighted by Crippen LogP contribution is 2.38. The van der Waals surface area contributed by atoms with E-state index in [4.69, 9.17) is 25.8 Å². The van der Waals surface area contributed by atoms with E-state index in [1.54, 1.807) is 49.6 Å². The third-order valence-electron chi connectivity index (χ3n) is 5.29. The number of amides is 1. The minimum absolute atomic E-state index is 0.0549. The topological polar surface area (TPSA) is 77.3 Å². The molecule has 4 aromatic rings. The van der Waals surface area contributed by atoms with Gasteiger partial charge in [0, 0.05) is 11.8 Å². The summed E-state index contributed by atoms with van der Waals surface area (Å²) >= 11 is 6.40. The van der Waals surface area contributed by atoms with E-state index in [1.807, 2.05) is 18.2 Å². The van der Waals surface area contributed by atoms with E-state index in [-0.39, 0.29) is 16.5 Å². The van der Waals surface area contributed by atoms with Gasteiger partial charge in [-0.25, -0.2) is 19.1 Å². The largest absolute Gasteiger partial charge is 0.486 e. The number of rotatable bonds is 4. The second-order valence-corrected chi connectivity index (χ2v) is 9.50. The van der Waals surface area contributed by atoms with Crippen LogP contribution in [0.15, 0.2) is 60.8 Å². The van der Waals surface area contributed by atoms with Crippen molar-refractivity contribution in [3.8, 4) is 11.5 Å². The van der Waals surface area contributed by atoms with Crippen molar-refractivity contribution in [3.63, 3.8) is 0 Å². The first-order chi connectivity index (χ1) is 17.2. The SMILES string of the molecule is CC(C)(C)OC(=O)N(c1c(F)cccc1Cl)c1cccc2ncc(Nc3ccc4c(c3)OCCO4)n12. The molecule has 186 valence electrons. The number of hydrogen-bond acceptors (Lipinski definition) is 6. The number of pyridine rings is 1. The average molecular weight is 511 g/mol. The lowest BCUT2D eigenvalue weighted by Gasteiger charge is -2.29. The molecule has 0 saturated heterocycles. The fourth-order valence-corrected chi connectivity index (χ4v) is 4.11. The summed E-state index contributed by atoms with van der Waals surface area (Å²) < 4.78 is 33.7. The standard InChI is InChI=1S/C26H24ClFN4O4/c1-26(2,3)36-25(33)32(24-17(27)6-4-7-18(24)28)23-9-5-8-21-29-15-22(31(21)23)30-16-10-11-19-20(14-16)35-13-12-34-19/h4-11,14-15,30H,12-13H2,1-3H3. The van der Waals surface area contributed by atoms with Gasteiger partial charge in [-0.05, 0) is 57.2 Å². The number of fused-ring (bicyclic) bond motifs is 2. The molecule has 0 spiro atoms. The van der Waals surface area contributed by atoms with Crippen LogP contribution in [0, 0.1) is 5.82 Å². The van der Waals surface area contributed by atoms with Gasteiger partial charge in [0.1, 0.15) is 47.6 Å². The maximum atomic E-state index is 15.1. The number of para-hydroxylation sites is 1. The first-order valence-corrected chi connectivity index (χ1v) is 11.7. The highest BCUT2D eigenvalue weighted by Gasteiger charge is 2.31. The molecule has 3 heterocycles. The Balaban J connectivity index is 1.64. The maximum absolute atomic E-state index is 15.1. The fourth-order valence-electron chi connectivity index (χ4n) is 3.86. The van der Waals surface area contributed by atoms with Gasteiger partial charge < -0.3 is 19.5 Å². The van der Waals surface area contributed by atoms with Gasteiger partial charge in [0.25, 0.3) is 0 Å². The third-order valence-corrected chi connectivity index (χ3v) is 5.59. The number of carbonyl (C=O) groups excluding carboxylic acids is 1. The van der Waals surface area contributed by atoms with Crippen LogP contribution < -0.4 is 19.7 Å². The van der Waals surface area contributed by atoms with Crippen molar-refractivity contribution in [2.75, 3.05) is 23.4 Å². The van der Waals surface area contributed by atoms with E-state index in [0.29, 0.717) is 41.9 Å². The average Bonchev–Trinajstić information content (AvgIpc) is 3.23. The lowest BCUT2D eigenvalue weighted by molar-refractivity contribution is 0.0597. The molecule has 0 bridgehead atoms. The van der Waals surface area contributed by atoms with Crippen LogP contribution in [0.1, 0.15) is 20.8 Å². The number of aromatic nitrogens is 2. The van der Waals surface area contributed by atoms with Gasteiger partial charge in [-0.3, -0.25) is 4.40 Å². The third kappa shape index (κ3) is 4.61. The molecule has 0 aliphatic carbocycles. The number of nitrogens with zero attached hydrogens (tertiary/aromatic N) is 3. The van der Waals surface area contributed by atoms with Crippen molar-refractivity contribution in [1.82, 2.24) is 9.38 Å². The number of ether oxygens (including phenoxy) is 3. The molecular formula is C26H24ClFN4O4. The van der Waals surface area contributed by atoms with Crippen LogP contribution in [-0.2, 0) is 4.74 Å². The zero-order valence-corrected chi connectivity index (χ0v) is 20.7. The Labute approximate surface area is 212 Å². The number of halogens is 2. The number of nitrogens with one attached hydrogen (secondary N) is 1. The Morgan fingerprint density at radius 2 is 1.86 bits per heavy atom. The van der Waals surface area contributed by atoms with Gasteiger partial charge in [0.15, 0.2) is 11.5 Å². The quantitative estimate of drug-likeness (QED) is 0.328. The zero-order valence-electron chi connectivity index (χ0n) is 19.9. The predicted molar refractivity (Wildman–Crippen MR) is 136 cm³/mol. The molecule has 0 fully saturated rings. The number of benzene rings is 2. The van der Waals surface area contributed by atoms with Crippen LogP contribution in [0.25, 0.3) is 5.65 Å². The van der Waals surface area contributed by atoms with E-state index in [9.17, 15) is 4.79 Å². The van der Waals surface area contributed by atoms with Crippen molar-refractivity contribution in [3.05, 3.63) is 71.6 Å². The van der Waals surface area contributed by atoms with E-state index >= 15 is 4.39 Å². The zero-order chi connectivity index (χ0) is 25.4. The van der Waals surface area contributed by atoms with Crippen molar-refractivity contribution in [1.29, 1.82) is 0 Å². The molecule has 0 radical (unpaired) electrons. The van der Waals surface area contributed by atoms with Crippen LogP contribution in [0.5, 0.6) is 11.5 Å². The number of hydrogen-bond donors (Lipinski definition) is 1. The minimum Gasteiger partial charge on any atom is -0.486 e. The smallest absolute Gasteiger partial charge is 0.420 e. The molecule has 0 atom stereocenters. The number of carbonyl (C=O) groups is 1. The molecule has 1 aliphatic rings. The van der Waals surface area contributed by atoms with Crippen LogP contribution in [0.3, 0.4) is 0 Å². The van der Waals surface area contributed by atoms with Gasteiger partial charge in [0.2, 0.25) is 0 Å². The molecule has 1 aliphatic heterocycles. The highest BCUT2D eigenvalue weighted by molar-refractivity contribution is 6.34. The molecule has 1 amide bonds. The summed E-state index contributed by atoms with van der Waals surface area (Å²) in [7, 11) is 0. The van der Waals surface area contributed by atoms with Crippen LogP contribution in [-0.4, -0.2) is 34.3 Å². The second-order valence-electron chi connectivity index (χ2n) is 9.09. The Morgan fingerprint density at radius 3 is 2.61 bits per heavy atom. The second kappa shape index (κ2) is 9.23. The van der Waals surface area contributed by atoms with Crippen molar-refractivity contribution in [2.24, 2.45) is 0 Å². The molecule has 8 nitrogen and oxygen atoms in total. The summed E-state index contributed by atoms with van der Waals surface area (Å²) in [5, 5.41) is 3.35. The number of anilines is 4. The van der Waals surface area contributed by atoms with Crippen molar-refractivity contribution in [2.45, 2.75) is 26.4 Å². The molecule has 2 aromatic heterocycles.